The van der Waals surface area contributed by atoms with Crippen LogP contribution in [0.15, 0.2) is 58.2 Å². The van der Waals surface area contributed by atoms with E-state index in [0.29, 0.717) is 47.5 Å². The predicted octanol–water partition coefficient (Wildman–Crippen LogP) is 3.34. The number of rotatable bonds is 13. The minimum atomic E-state index is -3.99. The molecule has 0 radical (unpaired) electrons. The van der Waals surface area contributed by atoms with Gasteiger partial charge in [-0.2, -0.15) is 5.10 Å². The first-order valence-electron chi connectivity index (χ1n) is 13.2. The smallest absolute Gasteiger partial charge is 0.277 e. The Balaban J connectivity index is 1.76. The SMILES string of the molecule is CCCOc1ccc(S(=O)(=O)NC(CCO)Cc2ccccc2)cc1-c1nc2c(CCC)nn(C)c2c(=O)[nH]1. The van der Waals surface area contributed by atoms with Gasteiger partial charge in [0.1, 0.15) is 17.1 Å². The average Bonchev–Trinajstić information content (AvgIpc) is 3.23. The van der Waals surface area contributed by atoms with Crippen molar-refractivity contribution in [2.75, 3.05) is 13.2 Å². The average molecular weight is 554 g/mol. The van der Waals surface area contributed by atoms with Gasteiger partial charge in [-0.3, -0.25) is 9.48 Å². The summed E-state index contributed by atoms with van der Waals surface area (Å²) in [4.78, 5) is 20.6. The molecule has 4 aromatic rings. The predicted molar refractivity (Wildman–Crippen MR) is 150 cm³/mol. The van der Waals surface area contributed by atoms with E-state index in [2.05, 4.69) is 14.8 Å². The summed E-state index contributed by atoms with van der Waals surface area (Å²) in [6, 6.07) is 13.5. The zero-order valence-corrected chi connectivity index (χ0v) is 23.3. The molecule has 11 heteroatoms. The van der Waals surface area contributed by atoms with Crippen molar-refractivity contribution in [3.05, 3.63) is 70.1 Å². The van der Waals surface area contributed by atoms with Gasteiger partial charge in [0.05, 0.1) is 22.8 Å². The first-order chi connectivity index (χ1) is 18.8. The number of nitrogens with one attached hydrogen (secondary N) is 2. The van der Waals surface area contributed by atoms with E-state index in [-0.39, 0.29) is 29.3 Å². The van der Waals surface area contributed by atoms with Gasteiger partial charge in [-0.05, 0) is 49.4 Å². The Morgan fingerprint density at radius 2 is 1.90 bits per heavy atom. The lowest BCUT2D eigenvalue weighted by Crippen LogP contribution is -2.37. The number of aryl methyl sites for hydroxylation is 2. The van der Waals surface area contributed by atoms with Gasteiger partial charge in [0.2, 0.25) is 10.0 Å². The molecule has 208 valence electrons. The molecule has 0 aliphatic carbocycles. The molecule has 1 atom stereocenters. The van der Waals surface area contributed by atoms with E-state index >= 15 is 0 Å². The molecule has 0 aliphatic rings. The van der Waals surface area contributed by atoms with Crippen LogP contribution < -0.4 is 15.0 Å². The van der Waals surface area contributed by atoms with E-state index in [9.17, 15) is 18.3 Å². The minimum absolute atomic E-state index is 0.0000594. The molecule has 2 aromatic heterocycles. The summed E-state index contributed by atoms with van der Waals surface area (Å²) in [5, 5.41) is 14.0. The molecule has 0 saturated heterocycles. The highest BCUT2D eigenvalue weighted by Crippen LogP contribution is 2.31. The summed E-state index contributed by atoms with van der Waals surface area (Å²) >= 11 is 0. The second-order valence-corrected chi connectivity index (χ2v) is 11.2. The van der Waals surface area contributed by atoms with E-state index in [1.165, 1.54) is 16.8 Å². The van der Waals surface area contributed by atoms with Crippen LogP contribution in [0.4, 0.5) is 0 Å². The van der Waals surface area contributed by atoms with E-state index in [1.54, 1.807) is 13.1 Å². The highest BCUT2D eigenvalue weighted by Gasteiger charge is 2.24. The van der Waals surface area contributed by atoms with Crippen molar-refractivity contribution in [1.29, 1.82) is 0 Å². The van der Waals surface area contributed by atoms with Crippen molar-refractivity contribution >= 4 is 21.1 Å². The van der Waals surface area contributed by atoms with Crippen LogP contribution in [0.2, 0.25) is 0 Å². The topological polar surface area (TPSA) is 139 Å². The molecule has 4 rings (SSSR count). The van der Waals surface area contributed by atoms with Gasteiger partial charge in [0.15, 0.2) is 5.52 Å². The highest BCUT2D eigenvalue weighted by molar-refractivity contribution is 7.89. The second kappa shape index (κ2) is 12.5. The number of benzene rings is 2. The molecule has 0 spiro atoms. The first kappa shape index (κ1) is 28.5. The molecule has 2 aromatic carbocycles. The molecule has 0 amide bonds. The maximum atomic E-state index is 13.5. The van der Waals surface area contributed by atoms with Gasteiger partial charge in [-0.25, -0.2) is 18.1 Å². The molecule has 0 saturated carbocycles. The summed E-state index contributed by atoms with van der Waals surface area (Å²) < 4.78 is 37.2. The maximum absolute atomic E-state index is 13.5. The fraction of sp³-hybridized carbons (Fsp3) is 0.393. The Morgan fingerprint density at radius 1 is 1.13 bits per heavy atom. The Bertz CT molecular complexity index is 1580. The number of aromatic nitrogens is 4. The van der Waals surface area contributed by atoms with Gasteiger partial charge in [0.25, 0.3) is 5.56 Å². The molecule has 0 fully saturated rings. The van der Waals surface area contributed by atoms with E-state index in [4.69, 9.17) is 9.72 Å². The van der Waals surface area contributed by atoms with E-state index in [1.807, 2.05) is 44.2 Å². The van der Waals surface area contributed by atoms with Crippen LogP contribution in [0, 0.1) is 0 Å². The van der Waals surface area contributed by atoms with Crippen LogP contribution in [0.25, 0.3) is 22.4 Å². The van der Waals surface area contributed by atoms with Crippen LogP contribution >= 0.6 is 0 Å². The van der Waals surface area contributed by atoms with Crippen molar-refractivity contribution in [3.8, 4) is 17.1 Å². The number of hydrogen-bond donors (Lipinski definition) is 3. The van der Waals surface area contributed by atoms with Gasteiger partial charge in [0, 0.05) is 19.7 Å². The molecule has 0 bridgehead atoms. The van der Waals surface area contributed by atoms with E-state index < -0.39 is 16.1 Å². The van der Waals surface area contributed by atoms with Crippen LogP contribution in [-0.4, -0.2) is 52.5 Å². The molecule has 10 nitrogen and oxygen atoms in total. The Hall–Kier alpha value is -3.54. The number of aromatic amines is 1. The van der Waals surface area contributed by atoms with Crippen LogP contribution in [-0.2, 0) is 29.9 Å². The number of H-pyrrole nitrogens is 1. The highest BCUT2D eigenvalue weighted by atomic mass is 32.2. The number of aliphatic hydroxyl groups excluding tert-OH is 1. The lowest BCUT2D eigenvalue weighted by molar-refractivity contribution is 0.271. The summed E-state index contributed by atoms with van der Waals surface area (Å²) in [5.74, 6) is 0.618. The standard InChI is InChI=1S/C28H35N5O5S/c1-4-9-23-25-26(33(3)31-23)28(35)30-27(29-25)22-18-21(12-13-24(22)38-16-5-2)39(36,37)32-20(14-15-34)17-19-10-7-6-8-11-19/h6-8,10-13,18,20,32,34H,4-5,9,14-17H2,1-3H3,(H,29,30,35). The number of fused-ring (bicyclic) bond motifs is 1. The first-order valence-corrected chi connectivity index (χ1v) is 14.7. The molecule has 39 heavy (non-hydrogen) atoms. The molecule has 2 heterocycles. The third-order valence-corrected chi connectivity index (χ3v) is 7.87. The second-order valence-electron chi connectivity index (χ2n) is 9.46. The molecular formula is C28H35N5O5S. The fourth-order valence-corrected chi connectivity index (χ4v) is 5.82. The summed E-state index contributed by atoms with van der Waals surface area (Å²) in [6.45, 7) is 4.24. The van der Waals surface area contributed by atoms with Crippen LogP contribution in [0.1, 0.15) is 44.4 Å². The van der Waals surface area contributed by atoms with Crippen molar-refractivity contribution in [2.24, 2.45) is 7.05 Å². The molecular weight excluding hydrogens is 518 g/mol. The third-order valence-electron chi connectivity index (χ3n) is 6.35. The summed E-state index contributed by atoms with van der Waals surface area (Å²) in [6.07, 6.45) is 2.91. The Morgan fingerprint density at radius 3 is 2.59 bits per heavy atom. The molecule has 1 unspecified atom stereocenters. The number of nitrogens with zero attached hydrogens (tertiary/aromatic N) is 3. The quantitative estimate of drug-likeness (QED) is 0.231. The summed E-state index contributed by atoms with van der Waals surface area (Å²) in [7, 11) is -2.29. The monoisotopic (exact) mass is 553 g/mol. The largest absolute Gasteiger partial charge is 0.493 e. The van der Waals surface area contributed by atoms with Crippen molar-refractivity contribution < 1.29 is 18.3 Å². The molecule has 0 aliphatic heterocycles. The lowest BCUT2D eigenvalue weighted by Gasteiger charge is -2.19. The Kier molecular flexibility index (Phi) is 9.16. The zero-order valence-electron chi connectivity index (χ0n) is 22.5. The number of hydrogen-bond acceptors (Lipinski definition) is 7. The van der Waals surface area contributed by atoms with Gasteiger partial charge in [-0.15, -0.1) is 0 Å². The normalized spacial score (nSPS) is 12.6. The maximum Gasteiger partial charge on any atom is 0.277 e. The third kappa shape index (κ3) is 6.55. The van der Waals surface area contributed by atoms with Crippen LogP contribution in [0.3, 0.4) is 0 Å². The summed E-state index contributed by atoms with van der Waals surface area (Å²) in [5.41, 5.74) is 2.49. The van der Waals surface area contributed by atoms with Gasteiger partial charge >= 0.3 is 0 Å². The Labute approximate surface area is 228 Å². The minimum Gasteiger partial charge on any atom is -0.493 e. The van der Waals surface area contributed by atoms with Crippen molar-refractivity contribution in [1.82, 2.24) is 24.5 Å². The van der Waals surface area contributed by atoms with Crippen molar-refractivity contribution in [3.63, 3.8) is 0 Å². The van der Waals surface area contributed by atoms with Gasteiger partial charge < -0.3 is 14.8 Å². The van der Waals surface area contributed by atoms with Crippen LogP contribution in [0.5, 0.6) is 5.75 Å². The number of sulfonamides is 1. The van der Waals surface area contributed by atoms with E-state index in [0.717, 1.165) is 18.4 Å². The molecule has 3 N–H and O–H groups in total. The number of aliphatic hydroxyl groups is 1. The lowest BCUT2D eigenvalue weighted by atomic mass is 10.0. The zero-order chi connectivity index (χ0) is 28.0. The number of ether oxygens (including phenoxy) is 1. The van der Waals surface area contributed by atoms with Crippen molar-refractivity contribution in [2.45, 2.75) is 56.9 Å². The fourth-order valence-electron chi connectivity index (χ4n) is 4.52. The van der Waals surface area contributed by atoms with Gasteiger partial charge in [-0.1, -0.05) is 50.6 Å².